The minimum absolute atomic E-state index is 0.125. The summed E-state index contributed by atoms with van der Waals surface area (Å²) in [5.41, 5.74) is 2.66. The van der Waals surface area contributed by atoms with Gasteiger partial charge in [0.1, 0.15) is 5.82 Å². The first-order valence-electron chi connectivity index (χ1n) is 11.0. The number of nitrogens with zero attached hydrogens (tertiary/aromatic N) is 3. The summed E-state index contributed by atoms with van der Waals surface area (Å²) >= 11 is 0. The van der Waals surface area contributed by atoms with E-state index in [4.69, 9.17) is 9.72 Å². The number of ether oxygens (including phenoxy) is 1. The second kappa shape index (κ2) is 9.79. The number of benzene rings is 3. The number of methoxy groups -OCH3 is 1. The van der Waals surface area contributed by atoms with Crippen LogP contribution in [0.15, 0.2) is 83.7 Å². The van der Waals surface area contributed by atoms with Crippen molar-refractivity contribution >= 4 is 16.8 Å². The van der Waals surface area contributed by atoms with Gasteiger partial charge in [0.05, 0.1) is 29.2 Å². The Morgan fingerprint density at radius 2 is 1.67 bits per heavy atom. The molecule has 0 N–H and O–H groups in total. The molecule has 0 aliphatic carbocycles. The molecule has 3 aromatic carbocycles. The fourth-order valence-corrected chi connectivity index (χ4v) is 4.02. The molecule has 1 heterocycles. The van der Waals surface area contributed by atoms with Crippen LogP contribution >= 0.6 is 0 Å². The van der Waals surface area contributed by atoms with Crippen molar-refractivity contribution in [3.63, 3.8) is 0 Å². The lowest BCUT2D eigenvalue weighted by atomic mass is 10.1. The molecule has 4 rings (SSSR count). The molecule has 1 aromatic heterocycles. The molecule has 1 unspecified atom stereocenters. The number of hydrogen-bond donors (Lipinski definition) is 0. The highest BCUT2D eigenvalue weighted by Gasteiger charge is 2.28. The van der Waals surface area contributed by atoms with Gasteiger partial charge >= 0.3 is 0 Å². The van der Waals surface area contributed by atoms with E-state index in [1.54, 1.807) is 22.6 Å². The van der Waals surface area contributed by atoms with Gasteiger partial charge in [-0.2, -0.15) is 0 Å². The first-order chi connectivity index (χ1) is 16.0. The van der Waals surface area contributed by atoms with Gasteiger partial charge in [0.25, 0.3) is 11.5 Å². The molecule has 0 aliphatic rings. The third kappa shape index (κ3) is 4.43. The van der Waals surface area contributed by atoms with Gasteiger partial charge in [0, 0.05) is 19.2 Å². The molecule has 0 aliphatic heterocycles. The Balaban J connectivity index is 1.90. The zero-order valence-electron chi connectivity index (χ0n) is 19.1. The van der Waals surface area contributed by atoms with Crippen LogP contribution in [0.4, 0.5) is 0 Å². The Hall–Kier alpha value is -3.77. The molecule has 33 heavy (non-hydrogen) atoms. The molecule has 1 atom stereocenters. The van der Waals surface area contributed by atoms with Crippen molar-refractivity contribution in [2.24, 2.45) is 0 Å². The lowest BCUT2D eigenvalue weighted by Gasteiger charge is -2.31. The summed E-state index contributed by atoms with van der Waals surface area (Å²) in [6.07, 6.45) is 0. The van der Waals surface area contributed by atoms with E-state index >= 15 is 0 Å². The number of carbonyl (C=O) groups is 1. The minimum Gasteiger partial charge on any atom is -0.383 e. The quantitative estimate of drug-likeness (QED) is 0.422. The molecule has 0 radical (unpaired) electrons. The number of carbonyl (C=O) groups excluding carboxylic acids is 1. The van der Waals surface area contributed by atoms with E-state index in [0.717, 1.165) is 5.56 Å². The van der Waals surface area contributed by atoms with Crippen LogP contribution in [-0.4, -0.2) is 40.6 Å². The van der Waals surface area contributed by atoms with Crippen LogP contribution in [0.5, 0.6) is 0 Å². The second-order valence-corrected chi connectivity index (χ2v) is 7.95. The molecular formula is C27H27N3O3. The zero-order valence-corrected chi connectivity index (χ0v) is 19.1. The van der Waals surface area contributed by atoms with Gasteiger partial charge in [-0.3, -0.25) is 14.2 Å². The summed E-state index contributed by atoms with van der Waals surface area (Å²) in [7, 11) is 1.61. The first-order valence-corrected chi connectivity index (χ1v) is 11.0. The fourth-order valence-electron chi connectivity index (χ4n) is 4.02. The van der Waals surface area contributed by atoms with Crippen LogP contribution in [-0.2, 0) is 4.74 Å². The average Bonchev–Trinajstić information content (AvgIpc) is 2.84. The summed E-state index contributed by atoms with van der Waals surface area (Å²) in [5, 5.41) is 0.533. The fraction of sp³-hybridized carbons (Fsp3) is 0.222. The Morgan fingerprint density at radius 1 is 1.00 bits per heavy atom. The lowest BCUT2D eigenvalue weighted by Crippen LogP contribution is -2.39. The highest BCUT2D eigenvalue weighted by atomic mass is 16.5. The summed E-state index contributed by atoms with van der Waals surface area (Å²) in [6.45, 7) is 4.55. The van der Waals surface area contributed by atoms with Crippen LogP contribution in [0.3, 0.4) is 0 Å². The van der Waals surface area contributed by atoms with Crippen molar-refractivity contribution in [1.29, 1.82) is 0 Å². The molecule has 0 spiro atoms. The highest BCUT2D eigenvalue weighted by molar-refractivity contribution is 5.96. The van der Waals surface area contributed by atoms with E-state index in [1.807, 2.05) is 86.6 Å². The number of rotatable bonds is 7. The minimum atomic E-state index is -0.482. The number of fused-ring (bicyclic) bond motifs is 1. The monoisotopic (exact) mass is 441 g/mol. The summed E-state index contributed by atoms with van der Waals surface area (Å²) in [4.78, 5) is 33.8. The largest absolute Gasteiger partial charge is 0.383 e. The zero-order chi connectivity index (χ0) is 23.4. The third-order valence-electron chi connectivity index (χ3n) is 5.83. The summed E-state index contributed by atoms with van der Waals surface area (Å²) in [6, 6.07) is 23.7. The Bertz CT molecular complexity index is 1330. The van der Waals surface area contributed by atoms with Gasteiger partial charge in [-0.1, -0.05) is 48.5 Å². The van der Waals surface area contributed by atoms with E-state index in [0.29, 0.717) is 41.1 Å². The van der Waals surface area contributed by atoms with E-state index in [9.17, 15) is 9.59 Å². The summed E-state index contributed by atoms with van der Waals surface area (Å²) in [5.74, 6) is 0.377. The molecule has 0 saturated heterocycles. The standard InChI is InChI=1S/C27H27N3O3/c1-19-11-7-8-14-22(19)26(31)29(17-18-33-3)20(2)25-28-24-16-10-9-15-23(24)27(32)30(25)21-12-5-4-6-13-21/h4-16,20H,17-18H2,1-3H3. The van der Waals surface area contributed by atoms with Crippen molar-refractivity contribution in [2.75, 3.05) is 20.3 Å². The van der Waals surface area contributed by atoms with Gasteiger partial charge in [-0.05, 0) is 49.7 Å². The SMILES string of the molecule is COCCN(C(=O)c1ccccc1C)C(C)c1nc2ccccc2c(=O)n1-c1ccccc1. The number of aromatic nitrogens is 2. The maximum Gasteiger partial charge on any atom is 0.266 e. The highest BCUT2D eigenvalue weighted by Crippen LogP contribution is 2.25. The molecule has 0 bridgehead atoms. The van der Waals surface area contributed by atoms with E-state index in [-0.39, 0.29) is 11.5 Å². The maximum absolute atomic E-state index is 13.6. The Labute approximate surface area is 193 Å². The van der Waals surface area contributed by atoms with E-state index in [1.165, 1.54) is 0 Å². The molecule has 6 heteroatoms. The number of para-hydroxylation sites is 2. The number of aryl methyl sites for hydroxylation is 1. The van der Waals surface area contributed by atoms with Gasteiger partial charge in [-0.15, -0.1) is 0 Å². The van der Waals surface area contributed by atoms with Gasteiger partial charge in [-0.25, -0.2) is 4.98 Å². The summed E-state index contributed by atoms with van der Waals surface area (Å²) < 4.78 is 6.91. The average molecular weight is 442 g/mol. The molecule has 6 nitrogen and oxygen atoms in total. The maximum atomic E-state index is 13.6. The van der Waals surface area contributed by atoms with Crippen LogP contribution in [0, 0.1) is 6.92 Å². The van der Waals surface area contributed by atoms with Gasteiger partial charge in [0.15, 0.2) is 0 Å². The van der Waals surface area contributed by atoms with Gasteiger partial charge in [0.2, 0.25) is 0 Å². The molecule has 4 aromatic rings. The van der Waals surface area contributed by atoms with Crippen LogP contribution < -0.4 is 5.56 Å². The molecule has 168 valence electrons. The van der Waals surface area contributed by atoms with Crippen LogP contribution in [0.1, 0.15) is 34.7 Å². The topological polar surface area (TPSA) is 64.4 Å². The number of hydrogen-bond acceptors (Lipinski definition) is 4. The molecule has 1 amide bonds. The Kier molecular flexibility index (Phi) is 6.66. The molecule has 0 fully saturated rings. The van der Waals surface area contributed by atoms with E-state index < -0.39 is 6.04 Å². The Morgan fingerprint density at radius 3 is 2.39 bits per heavy atom. The van der Waals surface area contributed by atoms with Crippen LogP contribution in [0.25, 0.3) is 16.6 Å². The van der Waals surface area contributed by atoms with Crippen molar-refractivity contribution in [2.45, 2.75) is 19.9 Å². The van der Waals surface area contributed by atoms with Gasteiger partial charge < -0.3 is 9.64 Å². The smallest absolute Gasteiger partial charge is 0.266 e. The lowest BCUT2D eigenvalue weighted by molar-refractivity contribution is 0.0604. The van der Waals surface area contributed by atoms with Crippen molar-refractivity contribution < 1.29 is 9.53 Å². The molecule has 0 saturated carbocycles. The number of amides is 1. The first kappa shape index (κ1) is 22.4. The van der Waals surface area contributed by atoms with Crippen molar-refractivity contribution in [3.05, 3.63) is 106 Å². The third-order valence-corrected chi connectivity index (χ3v) is 5.83. The second-order valence-electron chi connectivity index (χ2n) is 7.95. The molecular weight excluding hydrogens is 414 g/mol. The predicted octanol–water partition coefficient (Wildman–Crippen LogP) is 4.54. The van der Waals surface area contributed by atoms with E-state index in [2.05, 4.69) is 0 Å². The van der Waals surface area contributed by atoms with Crippen LogP contribution in [0.2, 0.25) is 0 Å². The van der Waals surface area contributed by atoms with Crippen molar-refractivity contribution in [1.82, 2.24) is 14.5 Å². The normalized spacial score (nSPS) is 12.0. The predicted molar refractivity (Wildman–Crippen MR) is 130 cm³/mol. The van der Waals surface area contributed by atoms with Crippen molar-refractivity contribution in [3.8, 4) is 5.69 Å².